The van der Waals surface area contributed by atoms with E-state index in [0.29, 0.717) is 80.6 Å². The number of nitrogens with one attached hydrogen (secondary N) is 3. The summed E-state index contributed by atoms with van der Waals surface area (Å²) in [5, 5.41) is 21.6. The average molecular weight is 910 g/mol. The number of esters is 1. The second-order valence-corrected chi connectivity index (χ2v) is 17.7. The summed E-state index contributed by atoms with van der Waals surface area (Å²) >= 11 is 0. The summed E-state index contributed by atoms with van der Waals surface area (Å²) in [5.74, 6) is -0.00934. The molecule has 4 amide bonds. The molecule has 5 N–H and O–H groups in total. The molecule has 3 saturated heterocycles. The number of ether oxygens (including phenoxy) is 2. The summed E-state index contributed by atoms with van der Waals surface area (Å²) in [6.45, 7) is 7.05. The van der Waals surface area contributed by atoms with Gasteiger partial charge in [-0.05, 0) is 93.2 Å². The van der Waals surface area contributed by atoms with Crippen LogP contribution >= 0.6 is 12.4 Å². The Morgan fingerprint density at radius 2 is 1.77 bits per heavy atom. The number of para-hydroxylation sites is 2. The number of rotatable bonds is 11. The molecule has 4 fully saturated rings. The molecule has 344 valence electrons. The van der Waals surface area contributed by atoms with E-state index in [2.05, 4.69) is 47.1 Å². The third kappa shape index (κ3) is 9.51. The number of carbonyl (C=O) groups is 5. The Hall–Kier alpha value is -6.11. The van der Waals surface area contributed by atoms with Gasteiger partial charge in [0.05, 0.1) is 48.6 Å². The lowest BCUT2D eigenvalue weighted by molar-refractivity contribution is -0.141. The van der Waals surface area contributed by atoms with E-state index in [4.69, 9.17) is 15.2 Å². The first-order chi connectivity index (χ1) is 31.0. The fourth-order valence-corrected chi connectivity index (χ4v) is 9.83. The Morgan fingerprint density at radius 1 is 0.954 bits per heavy atom. The van der Waals surface area contributed by atoms with Crippen LogP contribution in [0.4, 0.5) is 17.2 Å². The number of benzene rings is 2. The number of nitrogens with zero attached hydrogens (tertiary/aromatic N) is 7. The molecule has 1 aliphatic carbocycles. The summed E-state index contributed by atoms with van der Waals surface area (Å²) < 4.78 is 13.7. The number of piperidine rings is 1. The van der Waals surface area contributed by atoms with E-state index in [1.165, 1.54) is 0 Å². The van der Waals surface area contributed by atoms with Crippen LogP contribution in [-0.2, 0) is 24.0 Å². The molecule has 4 aliphatic heterocycles. The predicted molar refractivity (Wildman–Crippen MR) is 244 cm³/mol. The van der Waals surface area contributed by atoms with Gasteiger partial charge in [-0.15, -0.1) is 22.6 Å². The maximum absolute atomic E-state index is 13.8. The van der Waals surface area contributed by atoms with E-state index in [-0.39, 0.29) is 65.6 Å². The summed E-state index contributed by atoms with van der Waals surface area (Å²) in [4.78, 5) is 70.9. The number of hydrogen-bond acceptors (Lipinski definition) is 14. The fourth-order valence-electron chi connectivity index (χ4n) is 9.83. The molecule has 0 radical (unpaired) electrons. The number of fused-ring (bicyclic) bond motifs is 1. The summed E-state index contributed by atoms with van der Waals surface area (Å²) in [6, 6.07) is 13.5. The highest BCUT2D eigenvalue weighted by molar-refractivity contribution is 6.02. The van der Waals surface area contributed by atoms with Crippen molar-refractivity contribution in [2.24, 2.45) is 5.92 Å². The normalized spacial score (nSPS) is 23.0. The zero-order valence-electron chi connectivity index (χ0n) is 36.6. The van der Waals surface area contributed by atoms with Gasteiger partial charge in [-0.1, -0.05) is 38.1 Å². The van der Waals surface area contributed by atoms with Crippen molar-refractivity contribution in [3.63, 3.8) is 0 Å². The number of amides is 4. The lowest BCUT2D eigenvalue weighted by Crippen LogP contribution is -2.54. The van der Waals surface area contributed by atoms with Crippen LogP contribution in [0.3, 0.4) is 0 Å². The van der Waals surface area contributed by atoms with Crippen molar-refractivity contribution in [3.8, 4) is 28.4 Å². The van der Waals surface area contributed by atoms with Crippen molar-refractivity contribution in [1.29, 1.82) is 0 Å². The minimum Gasteiger partial charge on any atom is -0.489 e. The molecule has 9 rings (SSSR count). The molecule has 19 heteroatoms. The standard InChI is InChI=1S/C46H55N11O7.ClH/c1-27(2)41(51-44(60)33-9-6-18-48-33)46(62)64-38-11-4-3-7-32(38)34-23-37(43(47)53-52-34)57-25-30(24-49-57)55-20-19-54(26-40(55)59)29-14-12-28(13-15-29)31-8-5-10-35-42(31)63-22-21-56(35)36-16-17-39(58)50-45(36)61;/h3-5,7-8,10-11,23-25,27-29,33,36,41,48H,6,9,12-22,26H2,1-2H3,(H2,47,53)(H,51,60)(H,50,58,61);1H/t28?,29?,33-,36-,41-;/m0./s1. The zero-order chi connectivity index (χ0) is 44.5. The highest BCUT2D eigenvalue weighted by atomic mass is 35.5. The van der Waals surface area contributed by atoms with Gasteiger partial charge in [0.25, 0.3) is 0 Å². The van der Waals surface area contributed by atoms with Gasteiger partial charge in [0.2, 0.25) is 23.6 Å². The van der Waals surface area contributed by atoms with Crippen molar-refractivity contribution in [3.05, 3.63) is 66.5 Å². The minimum absolute atomic E-state index is 0. The van der Waals surface area contributed by atoms with Gasteiger partial charge in [-0.3, -0.25) is 29.4 Å². The van der Waals surface area contributed by atoms with Gasteiger partial charge in [0, 0.05) is 31.1 Å². The van der Waals surface area contributed by atoms with Crippen LogP contribution in [0.2, 0.25) is 0 Å². The van der Waals surface area contributed by atoms with Crippen molar-refractivity contribution in [1.82, 2.24) is 40.8 Å². The molecule has 1 saturated carbocycles. The molecule has 0 unspecified atom stereocenters. The number of nitrogens with two attached hydrogens (primary N) is 1. The number of imide groups is 1. The Kier molecular flexibility index (Phi) is 13.7. The second kappa shape index (κ2) is 19.6. The minimum atomic E-state index is -0.859. The average Bonchev–Trinajstić information content (AvgIpc) is 4.03. The topological polar surface area (TPSA) is 219 Å². The quantitative estimate of drug-likeness (QED) is 0.0963. The smallest absolute Gasteiger partial charge is 0.334 e. The second-order valence-electron chi connectivity index (χ2n) is 17.7. The van der Waals surface area contributed by atoms with Crippen LogP contribution in [-0.4, -0.2) is 118 Å². The van der Waals surface area contributed by atoms with Gasteiger partial charge in [0.15, 0.2) is 5.82 Å². The first-order valence-corrected chi connectivity index (χ1v) is 22.5. The van der Waals surface area contributed by atoms with E-state index >= 15 is 0 Å². The molecule has 0 spiro atoms. The molecule has 2 aromatic carbocycles. The van der Waals surface area contributed by atoms with Crippen LogP contribution in [0.25, 0.3) is 16.9 Å². The highest BCUT2D eigenvalue weighted by Crippen LogP contribution is 2.45. The van der Waals surface area contributed by atoms with Gasteiger partial charge in [-0.2, -0.15) is 5.10 Å². The van der Waals surface area contributed by atoms with Crippen molar-refractivity contribution >= 4 is 59.2 Å². The number of piperazine rings is 1. The van der Waals surface area contributed by atoms with Gasteiger partial charge < -0.3 is 35.6 Å². The van der Waals surface area contributed by atoms with E-state index in [1.807, 2.05) is 26.0 Å². The number of hydrogen-bond donors (Lipinski definition) is 4. The fraction of sp³-hybridized carbons (Fsp3) is 0.478. The van der Waals surface area contributed by atoms with Crippen LogP contribution in [0.5, 0.6) is 11.5 Å². The Morgan fingerprint density at radius 3 is 2.52 bits per heavy atom. The number of carbonyl (C=O) groups excluding carboxylic acids is 5. The first-order valence-electron chi connectivity index (χ1n) is 22.5. The summed E-state index contributed by atoms with van der Waals surface area (Å²) in [6.07, 6.45) is 9.63. The van der Waals surface area contributed by atoms with Gasteiger partial charge >= 0.3 is 5.97 Å². The SMILES string of the molecule is CC(C)[C@H](NC(=O)[C@@H]1CCCN1)C(=O)Oc1ccccc1-c1cc(-n2cc(N3CCN(C4CCC(c5cccc6c5OCCN6[C@H]5CCC(=O)NC5=O)CC4)CC3=O)cn2)c(N)nn1.Cl. The number of nitrogen functional groups attached to an aromatic ring is 1. The Bertz CT molecular complexity index is 2430. The number of aromatic nitrogens is 4. The maximum Gasteiger partial charge on any atom is 0.334 e. The molecule has 3 atom stereocenters. The van der Waals surface area contributed by atoms with E-state index in [9.17, 15) is 24.0 Å². The molecular formula is C46H56ClN11O7. The van der Waals surface area contributed by atoms with Crippen LogP contribution in [0, 0.1) is 5.92 Å². The molecule has 0 bridgehead atoms. The van der Waals surface area contributed by atoms with Crippen molar-refractivity contribution in [2.75, 3.05) is 54.9 Å². The highest BCUT2D eigenvalue weighted by Gasteiger charge is 2.38. The Balaban J connectivity index is 0.00000576. The van der Waals surface area contributed by atoms with Crippen LogP contribution in [0.1, 0.15) is 76.7 Å². The van der Waals surface area contributed by atoms with Gasteiger partial charge in [-0.25, -0.2) is 9.48 Å². The Labute approximate surface area is 383 Å². The largest absolute Gasteiger partial charge is 0.489 e. The van der Waals surface area contributed by atoms with Crippen LogP contribution in [0.15, 0.2) is 60.9 Å². The zero-order valence-corrected chi connectivity index (χ0v) is 37.4. The number of halogens is 1. The third-order valence-corrected chi connectivity index (χ3v) is 13.3. The lowest BCUT2D eigenvalue weighted by Gasteiger charge is -2.42. The predicted octanol–water partition coefficient (Wildman–Crippen LogP) is 3.51. The third-order valence-electron chi connectivity index (χ3n) is 13.3. The summed E-state index contributed by atoms with van der Waals surface area (Å²) in [7, 11) is 0. The first kappa shape index (κ1) is 45.5. The van der Waals surface area contributed by atoms with E-state index < -0.39 is 18.1 Å². The van der Waals surface area contributed by atoms with E-state index in [0.717, 1.165) is 55.6 Å². The van der Waals surface area contributed by atoms with Crippen molar-refractivity contribution < 1.29 is 33.4 Å². The monoisotopic (exact) mass is 909 g/mol. The van der Waals surface area contributed by atoms with Crippen LogP contribution < -0.4 is 41.0 Å². The number of anilines is 3. The molecule has 2 aromatic heterocycles. The molecule has 6 heterocycles. The lowest BCUT2D eigenvalue weighted by atomic mass is 9.80. The molecule has 65 heavy (non-hydrogen) atoms. The summed E-state index contributed by atoms with van der Waals surface area (Å²) in [5.41, 5.74) is 10.4. The molecule has 4 aromatic rings. The van der Waals surface area contributed by atoms with Crippen molar-refractivity contribution in [2.45, 2.75) is 95.3 Å². The van der Waals surface area contributed by atoms with Gasteiger partial charge in [0.1, 0.15) is 35.9 Å². The molecule has 5 aliphatic rings. The maximum atomic E-state index is 13.8. The van der Waals surface area contributed by atoms with E-state index in [1.54, 1.807) is 52.3 Å². The molecule has 18 nitrogen and oxygen atoms in total. The molecular weight excluding hydrogens is 854 g/mol.